The Morgan fingerprint density at radius 1 is 1.10 bits per heavy atom. The molecule has 9 heteroatoms. The molecular weight excluding hydrogens is 384 g/mol. The van der Waals surface area contributed by atoms with Crippen molar-refractivity contribution >= 4 is 21.7 Å². The summed E-state index contributed by atoms with van der Waals surface area (Å²) in [4.78, 5) is 12.4. The Kier molecular flexibility index (Phi) is 4.83. The highest BCUT2D eigenvalue weighted by Crippen LogP contribution is 2.42. The second-order valence-electron chi connectivity index (χ2n) is 6.87. The van der Waals surface area contributed by atoms with Crippen LogP contribution in [-0.2, 0) is 4.74 Å². The molecule has 0 saturated carbocycles. The lowest BCUT2D eigenvalue weighted by molar-refractivity contribution is -0.116. The highest BCUT2D eigenvalue weighted by molar-refractivity contribution is 6.06. The van der Waals surface area contributed by atoms with Gasteiger partial charge in [-0.25, -0.2) is 0 Å². The summed E-state index contributed by atoms with van der Waals surface area (Å²) in [6.45, 7) is 1.12. The number of phenols is 1. The van der Waals surface area contributed by atoms with Gasteiger partial charge in [-0.15, -0.1) is 0 Å². The highest BCUT2D eigenvalue weighted by Gasteiger charge is 2.44. The van der Waals surface area contributed by atoms with E-state index in [-0.39, 0.29) is 27.9 Å². The minimum Gasteiger partial charge on any atom is -0.506 e. The van der Waals surface area contributed by atoms with Crippen molar-refractivity contribution in [2.75, 3.05) is 13.7 Å². The molecule has 2 aromatic carbocycles. The first-order valence-corrected chi connectivity index (χ1v) is 8.91. The van der Waals surface area contributed by atoms with E-state index in [1.807, 2.05) is 0 Å². The summed E-state index contributed by atoms with van der Waals surface area (Å²) in [7, 11) is 1.45. The van der Waals surface area contributed by atoms with E-state index in [9.17, 15) is 25.2 Å². The fourth-order valence-corrected chi connectivity index (χ4v) is 3.51. The third-order valence-corrected chi connectivity index (χ3v) is 4.94. The third-order valence-electron chi connectivity index (χ3n) is 4.94. The molecule has 0 aliphatic carbocycles. The number of aryl methyl sites for hydroxylation is 1. The van der Waals surface area contributed by atoms with Crippen molar-refractivity contribution in [3.05, 3.63) is 40.2 Å². The van der Waals surface area contributed by atoms with Crippen LogP contribution in [0.15, 0.2) is 33.5 Å². The van der Waals surface area contributed by atoms with Gasteiger partial charge < -0.3 is 39.1 Å². The highest BCUT2D eigenvalue weighted by atomic mass is 16.7. The van der Waals surface area contributed by atoms with Crippen LogP contribution >= 0.6 is 0 Å². The first kappa shape index (κ1) is 19.5. The summed E-state index contributed by atoms with van der Waals surface area (Å²) >= 11 is 0. The minimum absolute atomic E-state index is 0.0146. The molecule has 9 nitrogen and oxygen atoms in total. The molecule has 2 heterocycles. The number of aliphatic hydroxyl groups is 3. The van der Waals surface area contributed by atoms with Gasteiger partial charge in [0.15, 0.2) is 5.43 Å². The fourth-order valence-electron chi connectivity index (χ4n) is 3.51. The van der Waals surface area contributed by atoms with E-state index < -0.39 is 36.6 Å². The molecule has 1 fully saturated rings. The van der Waals surface area contributed by atoms with Crippen molar-refractivity contribution in [3.63, 3.8) is 0 Å². The van der Waals surface area contributed by atoms with Crippen molar-refractivity contribution in [1.82, 2.24) is 0 Å². The molecule has 0 radical (unpaired) electrons. The first-order chi connectivity index (χ1) is 13.8. The first-order valence-electron chi connectivity index (χ1n) is 8.91. The number of ether oxygens (including phenoxy) is 3. The van der Waals surface area contributed by atoms with Crippen LogP contribution in [0.3, 0.4) is 0 Å². The summed E-state index contributed by atoms with van der Waals surface area (Å²) in [6, 6.07) is 5.93. The van der Waals surface area contributed by atoms with Crippen molar-refractivity contribution in [2.24, 2.45) is 0 Å². The van der Waals surface area contributed by atoms with Crippen LogP contribution in [-0.4, -0.2) is 58.7 Å². The predicted octanol–water partition coefficient (Wildman–Crippen LogP) is 0.787. The Morgan fingerprint density at radius 2 is 1.86 bits per heavy atom. The standard InChI is InChI=1S/C20H20O9/c1-8-3-11(22)16-12(27-8)5-9-4-10(26-2)6-13(15(9)18(16)24)28-20-19(25)17(23)14(7-21)29-20/h3-6,14,17,19-21,23-25H,7H2,1-2H3/t14-,17-,19-,20+/m1/s1. The van der Waals surface area contributed by atoms with Crippen molar-refractivity contribution in [1.29, 1.82) is 0 Å². The van der Waals surface area contributed by atoms with Crippen LogP contribution in [0, 0.1) is 6.92 Å². The van der Waals surface area contributed by atoms with Crippen LogP contribution in [0.4, 0.5) is 0 Å². The van der Waals surface area contributed by atoms with Gasteiger partial charge in [-0.1, -0.05) is 0 Å². The zero-order chi connectivity index (χ0) is 20.9. The lowest BCUT2D eigenvalue weighted by Crippen LogP contribution is -2.35. The fraction of sp³-hybridized carbons (Fsp3) is 0.350. The maximum atomic E-state index is 12.4. The monoisotopic (exact) mass is 404 g/mol. The SMILES string of the molecule is COc1cc(O[C@H]2O[C@H](CO)[C@@H](O)[C@H]2O)c2c(O)c3c(=O)cc(C)oc3cc2c1. The number of hydrogen-bond donors (Lipinski definition) is 4. The third kappa shape index (κ3) is 3.18. The summed E-state index contributed by atoms with van der Waals surface area (Å²) in [6.07, 6.45) is -5.09. The maximum absolute atomic E-state index is 12.4. The summed E-state index contributed by atoms with van der Waals surface area (Å²) in [5.74, 6) is 0.490. The molecule has 1 aromatic heterocycles. The Bertz CT molecular complexity index is 1140. The molecule has 1 aliphatic heterocycles. The van der Waals surface area contributed by atoms with E-state index in [2.05, 4.69) is 0 Å². The van der Waals surface area contributed by atoms with Gasteiger partial charge >= 0.3 is 0 Å². The lowest BCUT2D eigenvalue weighted by Gasteiger charge is -2.19. The Morgan fingerprint density at radius 3 is 2.52 bits per heavy atom. The average Bonchev–Trinajstić information content (AvgIpc) is 2.94. The lowest BCUT2D eigenvalue weighted by atomic mass is 10.0. The van der Waals surface area contributed by atoms with E-state index in [1.54, 1.807) is 19.1 Å². The minimum atomic E-state index is -1.43. The van der Waals surface area contributed by atoms with E-state index in [0.717, 1.165) is 0 Å². The molecule has 4 rings (SSSR count). The van der Waals surface area contributed by atoms with Crippen molar-refractivity contribution < 1.29 is 39.1 Å². The Balaban J connectivity index is 1.91. The Hall–Kier alpha value is -2.85. The zero-order valence-corrected chi connectivity index (χ0v) is 15.7. The largest absolute Gasteiger partial charge is 0.506 e. The van der Waals surface area contributed by atoms with Gasteiger partial charge in [-0.3, -0.25) is 4.79 Å². The van der Waals surface area contributed by atoms with Crippen LogP contribution in [0.1, 0.15) is 5.76 Å². The van der Waals surface area contributed by atoms with Crippen molar-refractivity contribution in [3.8, 4) is 17.2 Å². The number of phenolic OH excluding ortho intramolecular Hbond substituents is 1. The normalized spacial score (nSPS) is 24.3. The number of aliphatic hydroxyl groups excluding tert-OH is 3. The molecule has 0 bridgehead atoms. The van der Waals surface area contributed by atoms with Gasteiger partial charge in [0.2, 0.25) is 6.29 Å². The number of methoxy groups -OCH3 is 1. The van der Waals surface area contributed by atoms with Gasteiger partial charge in [0.05, 0.1) is 19.1 Å². The van der Waals surface area contributed by atoms with E-state index in [0.29, 0.717) is 16.9 Å². The molecule has 1 saturated heterocycles. The molecule has 29 heavy (non-hydrogen) atoms. The molecule has 154 valence electrons. The molecule has 3 aromatic rings. The van der Waals surface area contributed by atoms with E-state index in [1.165, 1.54) is 19.2 Å². The smallest absolute Gasteiger partial charge is 0.229 e. The molecule has 1 aliphatic rings. The van der Waals surface area contributed by atoms with Gasteiger partial charge in [0.25, 0.3) is 0 Å². The van der Waals surface area contributed by atoms with Crippen LogP contribution in [0.25, 0.3) is 21.7 Å². The second-order valence-corrected chi connectivity index (χ2v) is 6.87. The molecule has 0 spiro atoms. The molecule has 4 atom stereocenters. The summed E-state index contributed by atoms with van der Waals surface area (Å²) in [5, 5.41) is 40.8. The number of rotatable bonds is 4. The molecule has 0 amide bonds. The van der Waals surface area contributed by atoms with Crippen molar-refractivity contribution in [2.45, 2.75) is 31.5 Å². The van der Waals surface area contributed by atoms with Gasteiger partial charge in [-0.2, -0.15) is 0 Å². The van der Waals surface area contributed by atoms with Gasteiger partial charge in [0.1, 0.15) is 52.3 Å². The predicted molar refractivity (Wildman–Crippen MR) is 101 cm³/mol. The Labute approximate surface area is 164 Å². The average molecular weight is 404 g/mol. The zero-order valence-electron chi connectivity index (χ0n) is 15.7. The number of benzene rings is 2. The summed E-state index contributed by atoms with van der Waals surface area (Å²) < 4.78 is 21.9. The van der Waals surface area contributed by atoms with E-state index in [4.69, 9.17) is 18.6 Å². The van der Waals surface area contributed by atoms with Crippen LogP contribution in [0.5, 0.6) is 17.2 Å². The number of aromatic hydroxyl groups is 1. The van der Waals surface area contributed by atoms with Gasteiger partial charge in [0, 0.05) is 12.1 Å². The molecule has 4 N–H and O–H groups in total. The van der Waals surface area contributed by atoms with E-state index >= 15 is 0 Å². The second kappa shape index (κ2) is 7.20. The van der Waals surface area contributed by atoms with Crippen LogP contribution < -0.4 is 14.9 Å². The topological polar surface area (TPSA) is 139 Å². The quantitative estimate of drug-likeness (QED) is 0.465. The number of hydrogen-bond acceptors (Lipinski definition) is 9. The maximum Gasteiger partial charge on any atom is 0.229 e. The van der Waals surface area contributed by atoms with Gasteiger partial charge in [-0.05, 0) is 24.4 Å². The molecule has 0 unspecified atom stereocenters. The molecular formula is C20H20O9. The van der Waals surface area contributed by atoms with Crippen LogP contribution in [0.2, 0.25) is 0 Å². The number of fused-ring (bicyclic) bond motifs is 2. The summed E-state index contributed by atoms with van der Waals surface area (Å²) in [5.41, 5.74) is -0.218.